The van der Waals surface area contributed by atoms with Crippen molar-refractivity contribution in [2.45, 2.75) is 0 Å². The Balaban J connectivity index is 1.73. The molecule has 6 rings (SSSR count). The standard InChI is InChI=1S/C28H18/c1-2-7-19(8-3-1)23-11-4-5-12-24(23)25-17-15-22-14-13-20-9-6-10-21-16-18-26(25)28(22)27(20)21/h1-18H. The average Bonchev–Trinajstić information content (AvgIpc) is 2.78. The molecule has 6 aromatic carbocycles. The minimum absolute atomic E-state index is 1.25. The lowest BCUT2D eigenvalue weighted by Crippen LogP contribution is -1.89. The molecule has 0 unspecified atom stereocenters. The van der Waals surface area contributed by atoms with Gasteiger partial charge in [0.25, 0.3) is 0 Å². The van der Waals surface area contributed by atoms with Crippen LogP contribution in [0.2, 0.25) is 0 Å². The average molecular weight is 354 g/mol. The van der Waals surface area contributed by atoms with Crippen molar-refractivity contribution in [3.8, 4) is 22.3 Å². The van der Waals surface area contributed by atoms with Crippen LogP contribution in [0.1, 0.15) is 0 Å². The van der Waals surface area contributed by atoms with E-state index < -0.39 is 0 Å². The van der Waals surface area contributed by atoms with Gasteiger partial charge in [0, 0.05) is 0 Å². The summed E-state index contributed by atoms with van der Waals surface area (Å²) in [6, 6.07) is 39.6. The monoisotopic (exact) mass is 354 g/mol. The summed E-state index contributed by atoms with van der Waals surface area (Å²) in [4.78, 5) is 0. The minimum Gasteiger partial charge on any atom is -0.0622 e. The number of hydrogen-bond donors (Lipinski definition) is 0. The summed E-state index contributed by atoms with van der Waals surface area (Å²) in [5, 5.41) is 7.99. The third-order valence-electron chi connectivity index (χ3n) is 5.83. The van der Waals surface area contributed by atoms with Gasteiger partial charge in [-0.15, -0.1) is 0 Å². The molecular weight excluding hydrogens is 336 g/mol. The summed E-state index contributed by atoms with van der Waals surface area (Å²) >= 11 is 0. The third kappa shape index (κ3) is 2.18. The molecule has 0 N–H and O–H groups in total. The molecule has 0 spiro atoms. The summed E-state index contributed by atoms with van der Waals surface area (Å²) in [6.45, 7) is 0. The van der Waals surface area contributed by atoms with Gasteiger partial charge in [0.1, 0.15) is 0 Å². The minimum atomic E-state index is 1.25. The highest BCUT2D eigenvalue weighted by Crippen LogP contribution is 2.41. The van der Waals surface area contributed by atoms with Crippen molar-refractivity contribution in [3.05, 3.63) is 109 Å². The van der Waals surface area contributed by atoms with Gasteiger partial charge < -0.3 is 0 Å². The maximum Gasteiger partial charge on any atom is -0.00206 e. The highest BCUT2D eigenvalue weighted by molar-refractivity contribution is 6.25. The molecule has 0 aromatic heterocycles. The molecule has 0 saturated heterocycles. The van der Waals surface area contributed by atoms with Crippen molar-refractivity contribution < 1.29 is 0 Å². The molecule has 0 nitrogen and oxygen atoms in total. The van der Waals surface area contributed by atoms with Gasteiger partial charge in [-0.25, -0.2) is 0 Å². The number of rotatable bonds is 2. The molecule has 6 aromatic rings. The summed E-state index contributed by atoms with van der Waals surface area (Å²) < 4.78 is 0. The van der Waals surface area contributed by atoms with E-state index in [0.717, 1.165) is 0 Å². The van der Waals surface area contributed by atoms with Crippen LogP contribution in [0.4, 0.5) is 0 Å². The van der Waals surface area contributed by atoms with Crippen molar-refractivity contribution in [2.24, 2.45) is 0 Å². The zero-order chi connectivity index (χ0) is 18.5. The van der Waals surface area contributed by atoms with E-state index in [1.165, 1.54) is 54.6 Å². The first-order valence-electron chi connectivity index (χ1n) is 9.71. The Hall–Kier alpha value is -3.64. The first-order valence-corrected chi connectivity index (χ1v) is 9.71. The fourth-order valence-electron chi connectivity index (χ4n) is 4.56. The molecule has 0 aliphatic heterocycles. The molecule has 28 heavy (non-hydrogen) atoms. The van der Waals surface area contributed by atoms with E-state index in [-0.39, 0.29) is 0 Å². The zero-order valence-electron chi connectivity index (χ0n) is 15.4. The fourth-order valence-corrected chi connectivity index (χ4v) is 4.56. The van der Waals surface area contributed by atoms with Crippen molar-refractivity contribution in [1.29, 1.82) is 0 Å². The second-order valence-electron chi connectivity index (χ2n) is 7.38. The topological polar surface area (TPSA) is 0 Å². The normalized spacial score (nSPS) is 11.6. The van der Waals surface area contributed by atoms with E-state index >= 15 is 0 Å². The fraction of sp³-hybridized carbons (Fsp3) is 0. The highest BCUT2D eigenvalue weighted by atomic mass is 14.2. The highest BCUT2D eigenvalue weighted by Gasteiger charge is 2.14. The zero-order valence-corrected chi connectivity index (χ0v) is 15.4. The van der Waals surface area contributed by atoms with Gasteiger partial charge in [0.05, 0.1) is 0 Å². The Bertz CT molecular complexity index is 1430. The third-order valence-corrected chi connectivity index (χ3v) is 5.83. The molecule has 130 valence electrons. The van der Waals surface area contributed by atoms with E-state index in [2.05, 4.69) is 109 Å². The van der Waals surface area contributed by atoms with E-state index in [9.17, 15) is 0 Å². The van der Waals surface area contributed by atoms with E-state index in [1.54, 1.807) is 0 Å². The van der Waals surface area contributed by atoms with Crippen LogP contribution in [0.5, 0.6) is 0 Å². The summed E-state index contributed by atoms with van der Waals surface area (Å²) in [5.41, 5.74) is 5.11. The summed E-state index contributed by atoms with van der Waals surface area (Å²) in [5.74, 6) is 0. The Morgan fingerprint density at radius 2 is 0.929 bits per heavy atom. The van der Waals surface area contributed by atoms with Crippen LogP contribution in [0.15, 0.2) is 109 Å². The van der Waals surface area contributed by atoms with Gasteiger partial charge >= 0.3 is 0 Å². The molecule has 0 fully saturated rings. The molecular formula is C28H18. The van der Waals surface area contributed by atoms with Gasteiger partial charge in [0.15, 0.2) is 0 Å². The first kappa shape index (κ1) is 15.4. The van der Waals surface area contributed by atoms with Gasteiger partial charge in [-0.05, 0) is 54.6 Å². The lowest BCUT2D eigenvalue weighted by atomic mass is 9.87. The predicted molar refractivity (Wildman–Crippen MR) is 121 cm³/mol. The molecule has 0 bridgehead atoms. The second-order valence-corrected chi connectivity index (χ2v) is 7.38. The summed E-state index contributed by atoms with van der Waals surface area (Å²) in [6.07, 6.45) is 0. The molecule has 0 aliphatic rings. The van der Waals surface area contributed by atoms with Crippen LogP contribution < -0.4 is 0 Å². The second kappa shape index (κ2) is 5.94. The molecule has 0 saturated carbocycles. The Morgan fingerprint density at radius 1 is 0.321 bits per heavy atom. The smallest absolute Gasteiger partial charge is 0.00206 e. The SMILES string of the molecule is c1ccc(-c2ccccc2-c2ccc3ccc4cccc5ccc2c3c45)cc1. The number of hydrogen-bond acceptors (Lipinski definition) is 0. The molecule has 0 heterocycles. The molecule has 0 radical (unpaired) electrons. The Labute approximate surface area is 164 Å². The van der Waals surface area contributed by atoms with Crippen molar-refractivity contribution in [3.63, 3.8) is 0 Å². The lowest BCUT2D eigenvalue weighted by Gasteiger charge is -2.16. The lowest BCUT2D eigenvalue weighted by molar-refractivity contribution is 1.60. The Morgan fingerprint density at radius 3 is 1.71 bits per heavy atom. The van der Waals surface area contributed by atoms with E-state index in [1.807, 2.05) is 0 Å². The molecule has 0 atom stereocenters. The summed E-state index contributed by atoms with van der Waals surface area (Å²) in [7, 11) is 0. The van der Waals surface area contributed by atoms with Gasteiger partial charge in [-0.2, -0.15) is 0 Å². The maximum atomic E-state index is 2.29. The van der Waals surface area contributed by atoms with E-state index in [0.29, 0.717) is 0 Å². The van der Waals surface area contributed by atoms with Crippen LogP contribution >= 0.6 is 0 Å². The van der Waals surface area contributed by atoms with E-state index in [4.69, 9.17) is 0 Å². The quantitative estimate of drug-likeness (QED) is 0.277. The van der Waals surface area contributed by atoms with Crippen molar-refractivity contribution in [1.82, 2.24) is 0 Å². The van der Waals surface area contributed by atoms with Crippen LogP contribution in [0.25, 0.3) is 54.6 Å². The first-order chi connectivity index (χ1) is 13.9. The molecule has 0 aliphatic carbocycles. The van der Waals surface area contributed by atoms with Gasteiger partial charge in [-0.1, -0.05) is 109 Å². The van der Waals surface area contributed by atoms with Crippen LogP contribution in [0, 0.1) is 0 Å². The maximum absolute atomic E-state index is 2.29. The van der Waals surface area contributed by atoms with Crippen molar-refractivity contribution >= 4 is 32.3 Å². The molecule has 0 amide bonds. The van der Waals surface area contributed by atoms with Crippen molar-refractivity contribution in [2.75, 3.05) is 0 Å². The predicted octanol–water partition coefficient (Wildman–Crippen LogP) is 7.92. The van der Waals surface area contributed by atoms with Gasteiger partial charge in [0.2, 0.25) is 0 Å². The molecule has 0 heteroatoms. The van der Waals surface area contributed by atoms with Crippen LogP contribution in [-0.4, -0.2) is 0 Å². The van der Waals surface area contributed by atoms with Crippen LogP contribution in [-0.2, 0) is 0 Å². The van der Waals surface area contributed by atoms with Gasteiger partial charge in [-0.3, -0.25) is 0 Å². The largest absolute Gasteiger partial charge is 0.0622 e. The number of benzene rings is 6. The van der Waals surface area contributed by atoms with Crippen LogP contribution in [0.3, 0.4) is 0 Å². The Kier molecular flexibility index (Phi) is 3.27.